The Morgan fingerprint density at radius 3 is 2.36 bits per heavy atom. The number of anilines is 1. The van der Waals surface area contributed by atoms with E-state index in [4.69, 9.17) is 0 Å². The minimum atomic E-state index is -4.67. The van der Waals surface area contributed by atoms with E-state index in [-0.39, 0.29) is 17.9 Å². The van der Waals surface area contributed by atoms with Crippen LogP contribution in [0.5, 0.6) is 0 Å². The first-order valence-corrected chi connectivity index (χ1v) is 9.79. The lowest BCUT2D eigenvalue weighted by atomic mass is 10.1. The highest BCUT2D eigenvalue weighted by Gasteiger charge is 2.40. The zero-order valence-electron chi connectivity index (χ0n) is 14.4. The quantitative estimate of drug-likeness (QED) is 0.774. The number of hydrogen-bond donors (Lipinski definition) is 1. The average Bonchev–Trinajstić information content (AvgIpc) is 3.12. The molecule has 150 valence electrons. The summed E-state index contributed by atoms with van der Waals surface area (Å²) in [6.45, 7) is 0.0404. The number of benzene rings is 2. The van der Waals surface area contributed by atoms with Crippen LogP contribution in [0.15, 0.2) is 53.4 Å². The molecule has 10 heteroatoms. The van der Waals surface area contributed by atoms with E-state index in [2.05, 4.69) is 5.32 Å². The molecule has 1 unspecified atom stereocenters. The maximum atomic E-state index is 13.1. The number of nitrogens with one attached hydrogen (secondary N) is 1. The Hall–Kier alpha value is -2.46. The Labute approximate surface area is 159 Å². The second-order valence-electron chi connectivity index (χ2n) is 6.26. The minimum absolute atomic E-state index is 0.0404. The number of para-hydroxylation sites is 1. The van der Waals surface area contributed by atoms with E-state index in [1.807, 2.05) is 0 Å². The summed E-state index contributed by atoms with van der Waals surface area (Å²) >= 11 is 0. The molecular weight excluding hydrogens is 400 g/mol. The van der Waals surface area contributed by atoms with Crippen LogP contribution in [0.4, 0.5) is 23.2 Å². The van der Waals surface area contributed by atoms with Gasteiger partial charge in [-0.1, -0.05) is 12.1 Å². The molecule has 1 N–H and O–H groups in total. The summed E-state index contributed by atoms with van der Waals surface area (Å²) < 4.78 is 78.9. The van der Waals surface area contributed by atoms with E-state index in [1.165, 1.54) is 12.1 Å². The summed E-state index contributed by atoms with van der Waals surface area (Å²) in [6, 6.07) is 7.44. The highest BCUT2D eigenvalue weighted by molar-refractivity contribution is 7.89. The van der Waals surface area contributed by atoms with Crippen molar-refractivity contribution in [3.05, 3.63) is 59.9 Å². The number of alkyl halides is 3. The normalized spacial score (nSPS) is 18.2. The van der Waals surface area contributed by atoms with Crippen LogP contribution in [0.3, 0.4) is 0 Å². The average molecular weight is 416 g/mol. The number of rotatable bonds is 4. The van der Waals surface area contributed by atoms with Gasteiger partial charge in [0.1, 0.15) is 11.9 Å². The molecule has 1 saturated heterocycles. The van der Waals surface area contributed by atoms with Crippen molar-refractivity contribution in [2.75, 3.05) is 11.9 Å². The molecule has 0 aromatic heterocycles. The zero-order valence-corrected chi connectivity index (χ0v) is 15.2. The molecule has 0 saturated carbocycles. The van der Waals surface area contributed by atoms with Crippen LogP contribution in [0.2, 0.25) is 0 Å². The van der Waals surface area contributed by atoms with Crippen LogP contribution >= 0.6 is 0 Å². The molecule has 1 atom stereocenters. The largest absolute Gasteiger partial charge is 0.418 e. The highest BCUT2D eigenvalue weighted by Crippen LogP contribution is 2.35. The van der Waals surface area contributed by atoms with Gasteiger partial charge in [-0.2, -0.15) is 17.5 Å². The lowest BCUT2D eigenvalue weighted by Crippen LogP contribution is -2.43. The first kappa shape index (κ1) is 20.3. The van der Waals surface area contributed by atoms with Gasteiger partial charge in [-0.05, 0) is 49.2 Å². The predicted molar refractivity (Wildman–Crippen MR) is 93.4 cm³/mol. The summed E-state index contributed by atoms with van der Waals surface area (Å²) in [5.74, 6) is -1.46. The standard InChI is InChI=1S/C18H16F4N2O3S/c19-12-7-9-13(10-8-12)28(26,27)24-11-3-6-16(24)17(25)23-15-5-2-1-4-14(15)18(20,21)22/h1-2,4-5,7-10,16H,3,6,11H2,(H,23,25). The first-order valence-electron chi connectivity index (χ1n) is 8.35. The minimum Gasteiger partial charge on any atom is -0.324 e. The van der Waals surface area contributed by atoms with E-state index in [9.17, 15) is 30.8 Å². The molecular formula is C18H16F4N2O3S. The van der Waals surface area contributed by atoms with Gasteiger partial charge in [-0.3, -0.25) is 4.79 Å². The van der Waals surface area contributed by atoms with Crippen molar-refractivity contribution in [1.82, 2.24) is 4.31 Å². The lowest BCUT2D eigenvalue weighted by molar-refractivity contribution is -0.137. The Bertz CT molecular complexity index is 975. The molecule has 0 radical (unpaired) electrons. The van der Waals surface area contributed by atoms with Gasteiger partial charge in [0, 0.05) is 6.54 Å². The maximum absolute atomic E-state index is 13.1. The van der Waals surface area contributed by atoms with Gasteiger partial charge in [0.05, 0.1) is 16.1 Å². The Morgan fingerprint density at radius 2 is 1.71 bits per heavy atom. The molecule has 0 aliphatic carbocycles. The van der Waals surface area contributed by atoms with Crippen molar-refractivity contribution in [2.45, 2.75) is 30.0 Å². The van der Waals surface area contributed by atoms with Gasteiger partial charge in [0.15, 0.2) is 0 Å². The molecule has 0 bridgehead atoms. The van der Waals surface area contributed by atoms with Crippen LogP contribution in [0.1, 0.15) is 18.4 Å². The van der Waals surface area contributed by atoms with Crippen molar-refractivity contribution in [2.24, 2.45) is 0 Å². The van der Waals surface area contributed by atoms with Crippen LogP contribution in [-0.4, -0.2) is 31.2 Å². The van der Waals surface area contributed by atoms with Gasteiger partial charge in [-0.25, -0.2) is 12.8 Å². The monoisotopic (exact) mass is 416 g/mol. The van der Waals surface area contributed by atoms with Crippen molar-refractivity contribution < 1.29 is 30.8 Å². The van der Waals surface area contributed by atoms with Crippen molar-refractivity contribution >= 4 is 21.6 Å². The summed E-state index contributed by atoms with van der Waals surface area (Å²) in [4.78, 5) is 12.4. The third-order valence-corrected chi connectivity index (χ3v) is 6.34. The number of nitrogens with zero attached hydrogens (tertiary/aromatic N) is 1. The fourth-order valence-electron chi connectivity index (χ4n) is 3.09. The number of sulfonamides is 1. The van der Waals surface area contributed by atoms with E-state index in [0.717, 1.165) is 40.7 Å². The van der Waals surface area contributed by atoms with Gasteiger partial charge in [0.2, 0.25) is 15.9 Å². The van der Waals surface area contributed by atoms with Gasteiger partial charge in [-0.15, -0.1) is 0 Å². The molecule has 28 heavy (non-hydrogen) atoms. The molecule has 1 fully saturated rings. The van der Waals surface area contributed by atoms with Crippen LogP contribution in [0, 0.1) is 5.82 Å². The summed E-state index contributed by atoms with van der Waals surface area (Å²) in [7, 11) is -4.10. The van der Waals surface area contributed by atoms with Crippen molar-refractivity contribution in [3.63, 3.8) is 0 Å². The number of halogens is 4. The molecule has 1 amide bonds. The number of hydrogen-bond acceptors (Lipinski definition) is 3. The van der Waals surface area contributed by atoms with Crippen LogP contribution in [0.25, 0.3) is 0 Å². The maximum Gasteiger partial charge on any atom is 0.418 e. The third kappa shape index (κ3) is 4.02. The van der Waals surface area contributed by atoms with Crippen molar-refractivity contribution in [3.8, 4) is 0 Å². The van der Waals surface area contributed by atoms with Crippen molar-refractivity contribution in [1.29, 1.82) is 0 Å². The third-order valence-electron chi connectivity index (χ3n) is 4.42. The predicted octanol–water partition coefficient (Wildman–Crippen LogP) is 3.64. The van der Waals surface area contributed by atoms with Gasteiger partial charge >= 0.3 is 6.18 Å². The van der Waals surface area contributed by atoms with Crippen LogP contribution < -0.4 is 5.32 Å². The Morgan fingerprint density at radius 1 is 1.07 bits per heavy atom. The highest BCUT2D eigenvalue weighted by atomic mass is 32.2. The topological polar surface area (TPSA) is 66.5 Å². The fraction of sp³-hybridized carbons (Fsp3) is 0.278. The van der Waals surface area contributed by atoms with E-state index >= 15 is 0 Å². The summed E-state index contributed by atoms with van der Waals surface area (Å²) in [5.41, 5.74) is -1.46. The smallest absolute Gasteiger partial charge is 0.324 e. The summed E-state index contributed by atoms with van der Waals surface area (Å²) in [5, 5.41) is 2.20. The Kier molecular flexibility index (Phi) is 5.44. The second-order valence-corrected chi connectivity index (χ2v) is 8.15. The molecule has 2 aromatic carbocycles. The summed E-state index contributed by atoms with van der Waals surface area (Å²) in [6.07, 6.45) is -4.13. The van der Waals surface area contributed by atoms with E-state index in [0.29, 0.717) is 6.42 Å². The zero-order chi connectivity index (χ0) is 20.5. The number of carbonyl (C=O) groups excluding carboxylic acids is 1. The van der Waals surface area contributed by atoms with E-state index < -0.39 is 45.2 Å². The molecule has 0 spiro atoms. The molecule has 3 rings (SSSR count). The van der Waals surface area contributed by atoms with Gasteiger partial charge < -0.3 is 5.32 Å². The molecule has 2 aromatic rings. The first-order chi connectivity index (χ1) is 13.1. The van der Waals surface area contributed by atoms with E-state index in [1.54, 1.807) is 0 Å². The lowest BCUT2D eigenvalue weighted by Gasteiger charge is -2.24. The molecule has 1 aliphatic rings. The number of amides is 1. The molecule has 5 nitrogen and oxygen atoms in total. The fourth-order valence-corrected chi connectivity index (χ4v) is 4.74. The van der Waals surface area contributed by atoms with Gasteiger partial charge in [0.25, 0.3) is 0 Å². The number of carbonyl (C=O) groups is 1. The SMILES string of the molecule is O=C(Nc1ccccc1C(F)(F)F)C1CCCN1S(=O)(=O)c1ccc(F)cc1. The molecule has 1 aliphatic heterocycles. The molecule has 1 heterocycles. The second kappa shape index (κ2) is 7.51. The Balaban J connectivity index is 1.86. The van der Waals surface area contributed by atoms with Crippen LogP contribution in [-0.2, 0) is 21.0 Å².